The smallest absolute Gasteiger partial charge is 0.373 e. The van der Waals surface area contributed by atoms with E-state index in [9.17, 15) is 18.0 Å². The van der Waals surface area contributed by atoms with E-state index in [-0.39, 0.29) is 13.0 Å². The summed E-state index contributed by atoms with van der Waals surface area (Å²) in [4.78, 5) is 12.9. The number of nitrogens with one attached hydrogen (secondary N) is 3. The Hall–Kier alpha value is -2.82. The third kappa shape index (κ3) is 6.67. The maximum Gasteiger partial charge on any atom is 0.389 e. The van der Waals surface area contributed by atoms with Crippen molar-refractivity contribution in [3.63, 3.8) is 0 Å². The number of nitrogen functional groups attached to an aromatic ring is 1. The van der Waals surface area contributed by atoms with Gasteiger partial charge < -0.3 is 11.1 Å². The Kier molecular flexibility index (Phi) is 7.66. The largest absolute Gasteiger partial charge is 0.389 e. The molecule has 0 radical (unpaired) electrons. The molecule has 0 aliphatic carbocycles. The van der Waals surface area contributed by atoms with Gasteiger partial charge in [0, 0.05) is 12.0 Å². The van der Waals surface area contributed by atoms with Gasteiger partial charge in [-0.2, -0.15) is 18.6 Å². The molecule has 1 aromatic rings. The van der Waals surface area contributed by atoms with Crippen LogP contribution in [0.1, 0.15) is 28.8 Å². The normalized spacial score (nSPS) is 13.4. The fraction of sp³-hybridized carbons (Fsp3) is 0.385. The maximum atomic E-state index is 12.2. The monoisotopic (exact) mass is 358 g/mol. The molecule has 0 fully saturated rings. The first-order valence-corrected chi connectivity index (χ1v) is 7.09. The number of nitrogens with zero attached hydrogens (tertiary/aromatic N) is 4. The first-order chi connectivity index (χ1) is 11.8. The van der Waals surface area contributed by atoms with Crippen LogP contribution in [0.2, 0.25) is 0 Å². The zero-order valence-electron chi connectivity index (χ0n) is 13.0. The molecule has 0 spiro atoms. The molecule has 9 nitrogen and oxygen atoms in total. The van der Waals surface area contributed by atoms with Gasteiger partial charge in [0.1, 0.15) is 0 Å². The van der Waals surface area contributed by atoms with Crippen LogP contribution >= 0.6 is 0 Å². The summed E-state index contributed by atoms with van der Waals surface area (Å²) < 4.78 is 38.4. The number of amidine groups is 1. The van der Waals surface area contributed by atoms with Crippen molar-refractivity contribution in [2.45, 2.75) is 19.0 Å². The Morgan fingerprint density at radius 1 is 1.32 bits per heavy atom. The first-order valence-electron chi connectivity index (χ1n) is 7.09. The summed E-state index contributed by atoms with van der Waals surface area (Å²) in [6.45, 7) is 0.693. The van der Waals surface area contributed by atoms with Crippen LogP contribution in [-0.2, 0) is 0 Å². The number of hydrazine groups is 2. The Morgan fingerprint density at radius 3 is 2.44 bits per heavy atom. The van der Waals surface area contributed by atoms with Crippen molar-refractivity contribution < 1.29 is 22.5 Å². The lowest BCUT2D eigenvalue weighted by molar-refractivity contribution is -0.524. The zero-order chi connectivity index (χ0) is 18.9. The molecular weight excluding hydrogens is 341 g/mol. The second-order valence-electron chi connectivity index (χ2n) is 4.93. The highest BCUT2D eigenvalue weighted by Crippen LogP contribution is 2.21. The average molecular weight is 358 g/mol. The Bertz CT molecular complexity index is 650. The summed E-state index contributed by atoms with van der Waals surface area (Å²) in [5.41, 5.74) is 22.5. The van der Waals surface area contributed by atoms with E-state index < -0.39 is 18.5 Å². The molecule has 0 atom stereocenters. The Balaban J connectivity index is 0.000000970. The van der Waals surface area contributed by atoms with Gasteiger partial charge in [0.15, 0.2) is 6.67 Å². The van der Waals surface area contributed by atoms with Crippen LogP contribution in [-0.4, -0.2) is 35.7 Å². The molecule has 12 heteroatoms. The number of halogens is 3. The average Bonchev–Trinajstić information content (AvgIpc) is 3.02. The molecular formula is C13H17F3N8O. The summed E-state index contributed by atoms with van der Waals surface area (Å²) >= 11 is 0. The van der Waals surface area contributed by atoms with Gasteiger partial charge in [-0.3, -0.25) is 15.1 Å². The summed E-state index contributed by atoms with van der Waals surface area (Å²) in [7, 11) is 0. The molecule has 136 valence electrons. The molecule has 1 aromatic carbocycles. The van der Waals surface area contributed by atoms with E-state index in [1.54, 1.807) is 28.8 Å². The highest BCUT2D eigenvalue weighted by atomic mass is 19.4. The quantitative estimate of drug-likeness (QED) is 0.120. The summed E-state index contributed by atoms with van der Waals surface area (Å²) in [5, 5.41) is 0. The van der Waals surface area contributed by atoms with Crippen LogP contribution in [0.25, 0.3) is 16.0 Å². The van der Waals surface area contributed by atoms with Crippen molar-refractivity contribution in [2.75, 3.05) is 13.2 Å². The molecule has 1 heterocycles. The van der Waals surface area contributed by atoms with Crippen molar-refractivity contribution in [3.8, 4) is 0 Å². The number of carbonyl (C=O) groups is 1. The standard InChI is InChI=1S/C13H16F3N5O.N3/c14-13(15,16)6-1-7-21-8-18-20-11(21)9-2-4-10(5-3-9)12(22)19-17;1-3-2/h2-5H,1,6-8H2,(H4,17,18,19,20,22);/q;-1/p+1. The first kappa shape index (κ1) is 20.2. The second kappa shape index (κ2) is 9.47. The molecule has 1 aliphatic heterocycles. The number of alkyl halides is 3. The van der Waals surface area contributed by atoms with Crippen LogP contribution in [0, 0.1) is 0 Å². The zero-order valence-corrected chi connectivity index (χ0v) is 13.0. The van der Waals surface area contributed by atoms with Gasteiger partial charge in [-0.25, -0.2) is 10.4 Å². The van der Waals surface area contributed by atoms with Gasteiger partial charge in [-0.15, -0.1) is 5.43 Å². The fourth-order valence-corrected chi connectivity index (χ4v) is 2.16. The van der Waals surface area contributed by atoms with E-state index in [0.29, 0.717) is 18.1 Å². The number of rotatable bonds is 5. The van der Waals surface area contributed by atoms with Gasteiger partial charge >= 0.3 is 6.18 Å². The molecule has 2 rings (SSSR count). The van der Waals surface area contributed by atoms with Crippen LogP contribution in [0.5, 0.6) is 0 Å². The van der Waals surface area contributed by atoms with Crippen LogP contribution in [0.4, 0.5) is 13.2 Å². The molecule has 0 aromatic heterocycles. The molecule has 0 saturated heterocycles. The van der Waals surface area contributed by atoms with Crippen molar-refractivity contribution in [3.05, 3.63) is 51.4 Å². The van der Waals surface area contributed by atoms with Gasteiger partial charge in [0.25, 0.3) is 11.7 Å². The molecule has 5 N–H and O–H groups in total. The van der Waals surface area contributed by atoms with Crippen LogP contribution in [0.15, 0.2) is 24.3 Å². The molecule has 1 amide bonds. The maximum absolute atomic E-state index is 12.2. The van der Waals surface area contributed by atoms with Crippen LogP contribution in [0.3, 0.4) is 0 Å². The number of amides is 1. The van der Waals surface area contributed by atoms with Crippen molar-refractivity contribution >= 4 is 11.7 Å². The lowest BCUT2D eigenvalue weighted by Gasteiger charge is -2.07. The van der Waals surface area contributed by atoms with Crippen LogP contribution < -0.4 is 22.1 Å². The Morgan fingerprint density at radius 2 is 1.92 bits per heavy atom. The third-order valence-corrected chi connectivity index (χ3v) is 3.23. The summed E-state index contributed by atoms with van der Waals surface area (Å²) in [6.07, 6.45) is -4.94. The third-order valence-electron chi connectivity index (χ3n) is 3.23. The lowest BCUT2D eigenvalue weighted by atomic mass is 10.1. The van der Waals surface area contributed by atoms with Gasteiger partial charge in [-0.05, 0) is 30.7 Å². The summed E-state index contributed by atoms with van der Waals surface area (Å²) in [6, 6.07) is 6.60. The minimum absolute atomic E-state index is 0.0179. The van der Waals surface area contributed by atoms with Gasteiger partial charge in [-0.1, -0.05) is 0 Å². The SMILES string of the molecule is NNC(=O)c1ccc(C2=[N+](CCCC(F)(F)F)CNN2)cc1.[N-]=[N+]=[N-]. The van der Waals surface area contributed by atoms with E-state index in [1.807, 2.05) is 5.43 Å². The van der Waals surface area contributed by atoms with Crippen molar-refractivity contribution in [2.24, 2.45) is 5.84 Å². The fourth-order valence-electron chi connectivity index (χ4n) is 2.16. The highest BCUT2D eigenvalue weighted by Gasteiger charge is 2.28. The molecule has 0 bridgehead atoms. The highest BCUT2D eigenvalue weighted by molar-refractivity contribution is 5.98. The minimum Gasteiger partial charge on any atom is -0.373 e. The minimum atomic E-state index is -4.14. The topological polar surface area (TPSA) is 141 Å². The number of carbonyl (C=O) groups excluding carboxylic acids is 1. The molecule has 0 saturated carbocycles. The van der Waals surface area contributed by atoms with E-state index >= 15 is 0 Å². The lowest BCUT2D eigenvalue weighted by Crippen LogP contribution is -2.31. The Labute approximate surface area is 141 Å². The predicted molar refractivity (Wildman–Crippen MR) is 83.8 cm³/mol. The van der Waals surface area contributed by atoms with Crippen molar-refractivity contribution in [1.29, 1.82) is 0 Å². The van der Waals surface area contributed by atoms with E-state index in [0.717, 1.165) is 5.56 Å². The predicted octanol–water partition coefficient (Wildman–Crippen LogP) is 1.32. The van der Waals surface area contributed by atoms with E-state index in [4.69, 9.17) is 16.9 Å². The summed E-state index contributed by atoms with van der Waals surface area (Å²) in [5.74, 6) is 5.32. The van der Waals surface area contributed by atoms with Gasteiger partial charge in [0.2, 0.25) is 0 Å². The van der Waals surface area contributed by atoms with Gasteiger partial charge in [0.05, 0.1) is 12.1 Å². The van der Waals surface area contributed by atoms with E-state index in [1.165, 1.54) is 4.91 Å². The van der Waals surface area contributed by atoms with Crippen molar-refractivity contribution in [1.82, 2.24) is 16.3 Å². The molecule has 25 heavy (non-hydrogen) atoms. The second-order valence-corrected chi connectivity index (χ2v) is 4.93. The van der Waals surface area contributed by atoms with E-state index in [2.05, 4.69) is 10.9 Å². The molecule has 0 unspecified atom stereocenters. The number of hydrogen-bond acceptors (Lipinski definition) is 4. The molecule has 1 aliphatic rings. The number of nitrogens with two attached hydrogens (primary N) is 1. The number of hydrogen-bond donors (Lipinski definition) is 4. The number of benzene rings is 1.